The van der Waals surface area contributed by atoms with Crippen LogP contribution in [0.1, 0.15) is 5.69 Å². The molecule has 2 N–H and O–H groups in total. The second-order valence-corrected chi connectivity index (χ2v) is 11.9. The number of nitrogens with two attached hydrogens (primary N) is 1. The van der Waals surface area contributed by atoms with Crippen molar-refractivity contribution >= 4 is 55.0 Å². The average Bonchev–Trinajstić information content (AvgIpc) is 2.91. The van der Waals surface area contributed by atoms with Gasteiger partial charge >= 0.3 is 22.3 Å². The predicted molar refractivity (Wildman–Crippen MR) is 107 cm³/mol. The van der Waals surface area contributed by atoms with E-state index in [9.17, 15) is 55.1 Å². The van der Waals surface area contributed by atoms with Crippen LogP contribution in [0.15, 0.2) is 17.0 Å². The number of anilines is 2. The third-order valence-electron chi connectivity index (χ3n) is 4.06. The lowest BCUT2D eigenvalue weighted by atomic mass is 10.3. The minimum Gasteiger partial charge on any atom is -0.382 e. The molecule has 7 nitrogen and oxygen atoms in total. The van der Waals surface area contributed by atoms with Crippen LogP contribution in [-0.2, 0) is 10.0 Å². The number of sulfonamides is 1. The summed E-state index contributed by atoms with van der Waals surface area (Å²) in [6, 6.07) is 0.561. The Morgan fingerprint density at radius 1 is 1.11 bits per heavy atom. The van der Waals surface area contributed by atoms with Gasteiger partial charge in [0, 0.05) is 0 Å². The summed E-state index contributed by atoms with van der Waals surface area (Å²) in [5.74, 6) is -6.87. The molecule has 0 spiro atoms. The van der Waals surface area contributed by atoms with Gasteiger partial charge in [-0.05, 0) is 12.1 Å². The number of hydrogen-bond acceptors (Lipinski definition) is 5. The van der Waals surface area contributed by atoms with Crippen LogP contribution in [0.3, 0.4) is 0 Å². The van der Waals surface area contributed by atoms with Gasteiger partial charge in [0.25, 0.3) is 0 Å². The Hall–Kier alpha value is -2.30. The van der Waals surface area contributed by atoms with E-state index < -0.39 is 81.0 Å². The van der Waals surface area contributed by atoms with Gasteiger partial charge in [0.15, 0.2) is 11.5 Å². The molecule has 2 rings (SSSR count). The summed E-state index contributed by atoms with van der Waals surface area (Å²) in [4.78, 5) is -2.56. The van der Waals surface area contributed by atoms with Gasteiger partial charge < -0.3 is 5.73 Å². The fraction of sp³-hybridized carbons (Fsp3) is 0.286. The van der Waals surface area contributed by atoms with Gasteiger partial charge in [-0.3, -0.25) is 4.31 Å². The molecule has 198 valence electrons. The van der Waals surface area contributed by atoms with Gasteiger partial charge in [-0.15, -0.1) is 0 Å². The van der Waals surface area contributed by atoms with Gasteiger partial charge in [-0.25, -0.2) is 13.1 Å². The zero-order valence-corrected chi connectivity index (χ0v) is 19.5. The Kier molecular flexibility index (Phi) is 6.28. The number of alkyl halides is 5. The highest BCUT2D eigenvalue weighted by atomic mass is 35.5. The lowest BCUT2D eigenvalue weighted by molar-refractivity contribution is -0.276. The van der Waals surface area contributed by atoms with Crippen LogP contribution in [0.2, 0.25) is 10.0 Å². The Morgan fingerprint density at radius 2 is 1.57 bits per heavy atom. The molecule has 1 aromatic heterocycles. The molecule has 2 aromatic rings. The van der Waals surface area contributed by atoms with Gasteiger partial charge in [0.2, 0.25) is 10.0 Å². The van der Waals surface area contributed by atoms with Crippen molar-refractivity contribution in [2.75, 3.05) is 22.8 Å². The zero-order chi connectivity index (χ0) is 27.6. The lowest BCUT2D eigenvalue weighted by Crippen LogP contribution is -2.49. The van der Waals surface area contributed by atoms with Crippen molar-refractivity contribution in [2.45, 2.75) is 17.0 Å². The fourth-order valence-electron chi connectivity index (χ4n) is 2.51. The van der Waals surface area contributed by atoms with Crippen LogP contribution < -0.4 is 10.0 Å². The minimum absolute atomic E-state index is 0.123. The molecule has 0 atom stereocenters. The van der Waals surface area contributed by atoms with E-state index in [-0.39, 0.29) is 23.1 Å². The van der Waals surface area contributed by atoms with Crippen LogP contribution in [0.5, 0.6) is 0 Å². The first-order valence-corrected chi connectivity index (χ1v) is 12.7. The number of rotatable bonds is 6. The first-order chi connectivity index (χ1) is 15.2. The van der Waals surface area contributed by atoms with E-state index in [0.717, 1.165) is 0 Å². The third-order valence-corrected chi connectivity index (χ3v) is 6.87. The topological polar surface area (TPSA) is 105 Å². The predicted octanol–water partition coefficient (Wildman–Crippen LogP) is 6.25. The molecule has 0 unspecified atom stereocenters. The lowest BCUT2D eigenvalue weighted by Gasteiger charge is -2.40. The molecule has 0 saturated carbocycles. The second-order valence-electron chi connectivity index (χ2n) is 6.78. The molecule has 35 heavy (non-hydrogen) atoms. The van der Waals surface area contributed by atoms with Crippen LogP contribution in [0.25, 0.3) is 5.69 Å². The summed E-state index contributed by atoms with van der Waals surface area (Å²) in [7, 11) is -15.4. The Bertz CT molecular complexity index is 1330. The number of nitriles is 1. The third kappa shape index (κ3) is 5.76. The summed E-state index contributed by atoms with van der Waals surface area (Å²) < 4.78 is 154. The molecule has 0 saturated heterocycles. The maximum absolute atomic E-state index is 13.7. The van der Waals surface area contributed by atoms with Crippen LogP contribution in [0, 0.1) is 11.3 Å². The average molecular weight is 604 g/mol. The molecule has 0 radical (unpaired) electrons. The SMILES string of the molecule is CS(=O)(=O)N(CC(F)(F)C(F)(F)F)c1c(C#N)nn(-c2c(Cl)cc(S(F)(F)(F)(F)F)cc2Cl)c1N. The second kappa shape index (κ2) is 7.60. The van der Waals surface area contributed by atoms with E-state index >= 15 is 0 Å². The Balaban J connectivity index is 2.85. The quantitative estimate of drug-likeness (QED) is 0.393. The van der Waals surface area contributed by atoms with E-state index in [1.54, 1.807) is 0 Å². The summed E-state index contributed by atoms with van der Waals surface area (Å²) in [5, 5.41) is 10.1. The van der Waals surface area contributed by atoms with E-state index in [0.29, 0.717) is 0 Å². The zero-order valence-electron chi connectivity index (χ0n) is 16.4. The normalized spacial score (nSPS) is 15.3. The van der Waals surface area contributed by atoms with Crippen molar-refractivity contribution in [3.63, 3.8) is 0 Å². The van der Waals surface area contributed by atoms with Gasteiger partial charge in [-0.2, -0.15) is 32.3 Å². The van der Waals surface area contributed by atoms with E-state index in [2.05, 4.69) is 5.10 Å². The molecular formula is C14H9Cl2F10N5O2S2. The molecule has 0 amide bonds. The molecule has 0 aliphatic heterocycles. The largest absolute Gasteiger partial charge is 0.455 e. The van der Waals surface area contributed by atoms with E-state index in [1.165, 1.54) is 6.07 Å². The monoisotopic (exact) mass is 603 g/mol. The van der Waals surface area contributed by atoms with Crippen molar-refractivity contribution in [2.24, 2.45) is 0 Å². The van der Waals surface area contributed by atoms with Crippen LogP contribution in [-0.4, -0.2) is 43.1 Å². The number of benzene rings is 1. The smallest absolute Gasteiger partial charge is 0.382 e. The first kappa shape index (κ1) is 28.9. The molecule has 0 fully saturated rings. The number of aromatic nitrogens is 2. The van der Waals surface area contributed by atoms with Crippen molar-refractivity contribution in [1.29, 1.82) is 5.26 Å². The van der Waals surface area contributed by atoms with E-state index in [1.807, 2.05) is 0 Å². The highest BCUT2D eigenvalue weighted by Gasteiger charge is 2.66. The Morgan fingerprint density at radius 3 is 1.91 bits per heavy atom. The molecule has 1 aromatic carbocycles. The van der Waals surface area contributed by atoms with Gasteiger partial charge in [-0.1, -0.05) is 42.6 Å². The number of halogens is 12. The fourth-order valence-corrected chi connectivity index (χ4v) is 4.88. The number of hydrogen-bond donors (Lipinski definition) is 1. The van der Waals surface area contributed by atoms with Crippen molar-refractivity contribution < 1.29 is 49.8 Å². The molecule has 0 aliphatic carbocycles. The standard InChI is InChI=1S/C14H9Cl2F10N5O2S2/c1-34(32,33)30(5-13(17,18)14(19,20)21)11-9(4-27)29-31(12(11)28)10-7(15)2-6(3-8(10)16)35(22,23,24,25)26/h2-3H,5,28H2,1H3. The highest BCUT2D eigenvalue weighted by Crippen LogP contribution is 3.02. The van der Waals surface area contributed by atoms with Gasteiger partial charge in [0.1, 0.15) is 28.9 Å². The molecule has 1 heterocycles. The molecule has 0 aliphatic rings. The van der Waals surface area contributed by atoms with Crippen LogP contribution >= 0.6 is 33.4 Å². The number of nitrogen functional groups attached to an aromatic ring is 1. The number of nitrogens with zero attached hydrogens (tertiary/aromatic N) is 4. The minimum atomic E-state index is -10.3. The maximum Gasteiger partial charge on any atom is 0.455 e. The summed E-state index contributed by atoms with van der Waals surface area (Å²) in [6.45, 7) is -2.61. The Labute approximate surface area is 199 Å². The van der Waals surface area contributed by atoms with E-state index in [4.69, 9.17) is 28.9 Å². The summed E-state index contributed by atoms with van der Waals surface area (Å²) in [6.07, 6.45) is -6.07. The molecular weight excluding hydrogens is 595 g/mol. The van der Waals surface area contributed by atoms with Gasteiger partial charge in [0.05, 0.1) is 16.3 Å². The highest BCUT2D eigenvalue weighted by molar-refractivity contribution is 8.45. The maximum atomic E-state index is 13.7. The van der Waals surface area contributed by atoms with Crippen molar-refractivity contribution in [3.8, 4) is 11.8 Å². The summed E-state index contributed by atoms with van der Waals surface area (Å²) >= 11 is 11.2. The van der Waals surface area contributed by atoms with Crippen molar-refractivity contribution in [1.82, 2.24) is 9.78 Å². The van der Waals surface area contributed by atoms with Crippen molar-refractivity contribution in [3.05, 3.63) is 27.9 Å². The molecule has 21 heteroatoms. The summed E-state index contributed by atoms with van der Waals surface area (Å²) in [5.41, 5.74) is 2.11. The molecule has 0 bridgehead atoms. The first-order valence-electron chi connectivity index (χ1n) is 8.15. The van der Waals surface area contributed by atoms with Crippen LogP contribution in [0.4, 0.5) is 52.9 Å².